The summed E-state index contributed by atoms with van der Waals surface area (Å²) in [6.07, 6.45) is 0. The molecule has 7 heteroatoms. The fourth-order valence-corrected chi connectivity index (χ4v) is 4.44. The van der Waals surface area contributed by atoms with E-state index < -0.39 is 10.0 Å². The lowest BCUT2D eigenvalue weighted by atomic mass is 10.2. The fourth-order valence-electron chi connectivity index (χ4n) is 2.04. The average Bonchev–Trinajstić information content (AvgIpc) is 2.39. The first kappa shape index (κ1) is 14.9. The molecule has 0 unspecified atom stereocenters. The van der Waals surface area contributed by atoms with E-state index in [0.717, 1.165) is 18.7 Å². The Balaban J connectivity index is 2.34. The molecule has 5 nitrogen and oxygen atoms in total. The molecular weight excluding hydrogens is 330 g/mol. The monoisotopic (exact) mass is 347 g/mol. The van der Waals surface area contributed by atoms with Crippen LogP contribution < -0.4 is 5.73 Å². The Morgan fingerprint density at radius 2 is 1.89 bits per heavy atom. The Morgan fingerprint density at radius 1 is 1.26 bits per heavy atom. The summed E-state index contributed by atoms with van der Waals surface area (Å²) in [5.41, 5.74) is 6.39. The van der Waals surface area contributed by atoms with Crippen molar-refractivity contribution in [2.75, 3.05) is 33.2 Å². The van der Waals surface area contributed by atoms with Crippen molar-refractivity contribution in [3.8, 4) is 0 Å². The number of sulfonamides is 1. The van der Waals surface area contributed by atoms with Gasteiger partial charge in [-0.1, -0.05) is 6.07 Å². The maximum absolute atomic E-state index is 12.6. The van der Waals surface area contributed by atoms with E-state index in [9.17, 15) is 8.42 Å². The summed E-state index contributed by atoms with van der Waals surface area (Å²) in [5.74, 6) is 0. The molecule has 1 aromatic rings. The summed E-state index contributed by atoms with van der Waals surface area (Å²) in [7, 11) is -1.45. The van der Waals surface area contributed by atoms with Crippen molar-refractivity contribution in [2.24, 2.45) is 5.73 Å². The lowest BCUT2D eigenvalue weighted by Gasteiger charge is -2.31. The smallest absolute Gasteiger partial charge is 0.244 e. The molecule has 0 bridgehead atoms. The summed E-state index contributed by atoms with van der Waals surface area (Å²) >= 11 is 3.32. The van der Waals surface area contributed by atoms with Gasteiger partial charge in [0.15, 0.2) is 0 Å². The van der Waals surface area contributed by atoms with Gasteiger partial charge in [0.2, 0.25) is 10.0 Å². The van der Waals surface area contributed by atoms with Gasteiger partial charge in [-0.15, -0.1) is 0 Å². The molecule has 106 valence electrons. The van der Waals surface area contributed by atoms with Crippen LogP contribution >= 0.6 is 15.9 Å². The van der Waals surface area contributed by atoms with Gasteiger partial charge < -0.3 is 10.6 Å². The molecule has 2 rings (SSSR count). The Bertz CT molecular complexity index is 554. The van der Waals surface area contributed by atoms with E-state index in [1.807, 2.05) is 13.1 Å². The molecule has 19 heavy (non-hydrogen) atoms. The third kappa shape index (κ3) is 3.17. The first-order valence-corrected chi connectivity index (χ1v) is 8.35. The fraction of sp³-hybridized carbons (Fsp3) is 0.500. The van der Waals surface area contributed by atoms with Crippen LogP contribution in [0.4, 0.5) is 0 Å². The third-order valence-electron chi connectivity index (χ3n) is 3.31. The molecule has 0 amide bonds. The number of rotatable bonds is 3. The van der Waals surface area contributed by atoms with Crippen LogP contribution in [-0.2, 0) is 16.6 Å². The van der Waals surface area contributed by atoms with Gasteiger partial charge in [-0.25, -0.2) is 8.42 Å². The highest BCUT2D eigenvalue weighted by molar-refractivity contribution is 9.10. The van der Waals surface area contributed by atoms with Gasteiger partial charge in [0.25, 0.3) is 0 Å². The van der Waals surface area contributed by atoms with Gasteiger partial charge in [-0.05, 0) is 40.7 Å². The Kier molecular flexibility index (Phi) is 4.62. The molecule has 1 aliphatic rings. The van der Waals surface area contributed by atoms with Crippen LogP contribution in [0.2, 0.25) is 0 Å². The zero-order valence-electron chi connectivity index (χ0n) is 10.8. The second-order valence-electron chi connectivity index (χ2n) is 4.68. The molecule has 1 heterocycles. The number of halogens is 1. The molecule has 0 saturated carbocycles. The maximum Gasteiger partial charge on any atom is 0.244 e. The van der Waals surface area contributed by atoms with E-state index in [2.05, 4.69) is 20.8 Å². The van der Waals surface area contributed by atoms with Crippen molar-refractivity contribution in [1.82, 2.24) is 9.21 Å². The van der Waals surface area contributed by atoms with Crippen LogP contribution in [0.3, 0.4) is 0 Å². The highest BCUT2D eigenvalue weighted by atomic mass is 79.9. The van der Waals surface area contributed by atoms with E-state index in [1.54, 1.807) is 12.1 Å². The van der Waals surface area contributed by atoms with E-state index in [-0.39, 0.29) is 0 Å². The minimum absolute atomic E-state index is 0.306. The molecule has 0 radical (unpaired) electrons. The van der Waals surface area contributed by atoms with Crippen LogP contribution in [0.15, 0.2) is 27.6 Å². The molecule has 0 atom stereocenters. The van der Waals surface area contributed by atoms with Gasteiger partial charge in [0.1, 0.15) is 0 Å². The van der Waals surface area contributed by atoms with Crippen LogP contribution in [0, 0.1) is 0 Å². The Hall–Kier alpha value is -0.470. The van der Waals surface area contributed by atoms with E-state index in [1.165, 1.54) is 4.31 Å². The van der Waals surface area contributed by atoms with Crippen molar-refractivity contribution in [2.45, 2.75) is 11.4 Å². The summed E-state index contributed by atoms with van der Waals surface area (Å²) < 4.78 is 27.4. The molecule has 1 aromatic carbocycles. The van der Waals surface area contributed by atoms with Crippen molar-refractivity contribution in [3.63, 3.8) is 0 Å². The van der Waals surface area contributed by atoms with Gasteiger partial charge in [0, 0.05) is 37.2 Å². The summed E-state index contributed by atoms with van der Waals surface area (Å²) in [5, 5.41) is 0. The van der Waals surface area contributed by atoms with Gasteiger partial charge >= 0.3 is 0 Å². The van der Waals surface area contributed by atoms with Crippen molar-refractivity contribution in [3.05, 3.63) is 28.2 Å². The maximum atomic E-state index is 12.6. The van der Waals surface area contributed by atoms with Gasteiger partial charge in [0.05, 0.1) is 4.90 Å². The van der Waals surface area contributed by atoms with E-state index in [0.29, 0.717) is 29.0 Å². The van der Waals surface area contributed by atoms with Crippen LogP contribution in [-0.4, -0.2) is 50.8 Å². The second kappa shape index (κ2) is 5.88. The standard InChI is InChI=1S/C12H18BrN3O2S/c1-15-4-6-16(7-5-15)19(17,18)12-8-10(9-14)2-3-11(12)13/h2-3,8H,4-7,9,14H2,1H3. The van der Waals surface area contributed by atoms with Crippen molar-refractivity contribution >= 4 is 26.0 Å². The molecule has 0 aromatic heterocycles. The number of benzene rings is 1. The molecule has 1 fully saturated rings. The zero-order chi connectivity index (χ0) is 14.0. The second-order valence-corrected chi connectivity index (χ2v) is 7.44. The minimum atomic E-state index is -3.44. The molecule has 0 aliphatic carbocycles. The van der Waals surface area contributed by atoms with Crippen LogP contribution in [0.5, 0.6) is 0 Å². The summed E-state index contributed by atoms with van der Waals surface area (Å²) in [4.78, 5) is 2.43. The average molecular weight is 348 g/mol. The highest BCUT2D eigenvalue weighted by Crippen LogP contribution is 2.26. The topological polar surface area (TPSA) is 66.6 Å². The molecule has 1 saturated heterocycles. The number of hydrogen-bond donors (Lipinski definition) is 1. The Morgan fingerprint density at radius 3 is 2.47 bits per heavy atom. The van der Waals surface area contributed by atoms with E-state index >= 15 is 0 Å². The quantitative estimate of drug-likeness (QED) is 0.879. The predicted octanol–water partition coefficient (Wildman–Crippen LogP) is 0.844. The molecular formula is C12H18BrN3O2S. The number of nitrogens with two attached hydrogens (primary N) is 1. The number of piperazine rings is 1. The number of nitrogens with zero attached hydrogens (tertiary/aromatic N) is 2. The molecule has 0 spiro atoms. The van der Waals surface area contributed by atoms with Gasteiger partial charge in [-0.3, -0.25) is 0 Å². The summed E-state index contributed by atoms with van der Waals surface area (Å²) in [6.45, 7) is 2.90. The van der Waals surface area contributed by atoms with E-state index in [4.69, 9.17) is 5.73 Å². The molecule has 1 aliphatic heterocycles. The van der Waals surface area contributed by atoms with Gasteiger partial charge in [-0.2, -0.15) is 4.31 Å². The number of hydrogen-bond acceptors (Lipinski definition) is 4. The summed E-state index contributed by atoms with van der Waals surface area (Å²) in [6, 6.07) is 5.22. The minimum Gasteiger partial charge on any atom is -0.326 e. The predicted molar refractivity (Wildman–Crippen MR) is 78.3 cm³/mol. The first-order chi connectivity index (χ1) is 8.95. The Labute approximate surface area is 122 Å². The first-order valence-electron chi connectivity index (χ1n) is 6.12. The molecule has 2 N–H and O–H groups in total. The number of likely N-dealkylation sites (N-methyl/N-ethyl adjacent to an activating group) is 1. The normalized spacial score (nSPS) is 18.7. The van der Waals surface area contributed by atoms with Crippen LogP contribution in [0.25, 0.3) is 0 Å². The third-order valence-corrected chi connectivity index (χ3v) is 6.20. The highest BCUT2D eigenvalue weighted by Gasteiger charge is 2.29. The lowest BCUT2D eigenvalue weighted by molar-refractivity contribution is 0.222. The lowest BCUT2D eigenvalue weighted by Crippen LogP contribution is -2.47. The zero-order valence-corrected chi connectivity index (χ0v) is 13.2. The SMILES string of the molecule is CN1CCN(S(=O)(=O)c2cc(CN)ccc2Br)CC1. The largest absolute Gasteiger partial charge is 0.326 e. The van der Waals surface area contributed by atoms with Crippen LogP contribution in [0.1, 0.15) is 5.56 Å². The van der Waals surface area contributed by atoms with Crippen molar-refractivity contribution < 1.29 is 8.42 Å². The van der Waals surface area contributed by atoms with Crippen molar-refractivity contribution in [1.29, 1.82) is 0 Å².